The van der Waals surface area contributed by atoms with Crippen LogP contribution in [-0.2, 0) is 0 Å². The number of anilines is 2. The second kappa shape index (κ2) is 7.83. The summed E-state index contributed by atoms with van der Waals surface area (Å²) in [6.45, 7) is 6.08. The maximum Gasteiger partial charge on any atom is 0.253 e. The molecule has 1 amide bonds. The lowest BCUT2D eigenvalue weighted by Crippen LogP contribution is -2.27. The van der Waals surface area contributed by atoms with Crippen LogP contribution in [0.4, 0.5) is 11.4 Å². The molecule has 0 aliphatic rings. The third-order valence-corrected chi connectivity index (χ3v) is 4.52. The number of rotatable bonds is 5. The molecule has 1 atom stereocenters. The van der Waals surface area contributed by atoms with Gasteiger partial charge in [-0.25, -0.2) is 0 Å². The van der Waals surface area contributed by atoms with E-state index in [1.807, 2.05) is 61.5 Å². The molecule has 26 heavy (non-hydrogen) atoms. The van der Waals surface area contributed by atoms with Crippen LogP contribution in [0.5, 0.6) is 0 Å². The predicted molar refractivity (Wildman–Crippen MR) is 106 cm³/mol. The first-order chi connectivity index (χ1) is 12.6. The molecule has 0 saturated carbocycles. The summed E-state index contributed by atoms with van der Waals surface area (Å²) in [4.78, 5) is 17.1. The van der Waals surface area contributed by atoms with E-state index in [9.17, 15) is 4.79 Å². The van der Waals surface area contributed by atoms with Gasteiger partial charge in [-0.1, -0.05) is 30.3 Å². The minimum absolute atomic E-state index is 0.128. The van der Waals surface area contributed by atoms with Gasteiger partial charge in [0.15, 0.2) is 0 Å². The van der Waals surface area contributed by atoms with E-state index in [-0.39, 0.29) is 11.9 Å². The van der Waals surface area contributed by atoms with Crippen LogP contribution in [0.2, 0.25) is 0 Å². The highest BCUT2D eigenvalue weighted by molar-refractivity contribution is 6.00. The molecule has 2 N–H and O–H groups in total. The summed E-state index contributed by atoms with van der Waals surface area (Å²) in [7, 11) is 0. The molecule has 0 radical (unpaired) electrons. The summed E-state index contributed by atoms with van der Waals surface area (Å²) in [5.41, 5.74) is 5.61. The Hall–Kier alpha value is -3.14. The molecule has 0 fully saturated rings. The van der Waals surface area contributed by atoms with Gasteiger partial charge in [-0.3, -0.25) is 9.78 Å². The molecule has 132 valence electrons. The van der Waals surface area contributed by atoms with Crippen LogP contribution in [0.15, 0.2) is 66.9 Å². The third-order valence-electron chi connectivity index (χ3n) is 4.52. The summed E-state index contributed by atoms with van der Waals surface area (Å²) in [6, 6.07) is 19.2. The topological polar surface area (TPSA) is 54.0 Å². The number of amides is 1. The predicted octanol–water partition coefficient (Wildman–Crippen LogP) is 4.93. The molecule has 2 aromatic carbocycles. The van der Waals surface area contributed by atoms with Gasteiger partial charge in [0.05, 0.1) is 23.0 Å². The Morgan fingerprint density at radius 3 is 2.42 bits per heavy atom. The lowest BCUT2D eigenvalue weighted by Gasteiger charge is -2.17. The minimum Gasteiger partial charge on any atom is -0.355 e. The van der Waals surface area contributed by atoms with Crippen molar-refractivity contribution in [3.05, 3.63) is 89.2 Å². The van der Waals surface area contributed by atoms with E-state index in [4.69, 9.17) is 0 Å². The van der Waals surface area contributed by atoms with Crippen LogP contribution in [0, 0.1) is 13.8 Å². The third kappa shape index (κ3) is 3.91. The van der Waals surface area contributed by atoms with Crippen LogP contribution in [0.25, 0.3) is 0 Å². The quantitative estimate of drug-likeness (QED) is 0.689. The number of nitrogens with zero attached hydrogens (tertiary/aromatic N) is 1. The molecule has 3 aromatic rings. The van der Waals surface area contributed by atoms with Crippen LogP contribution >= 0.6 is 0 Å². The maximum atomic E-state index is 12.8. The van der Waals surface area contributed by atoms with Crippen molar-refractivity contribution in [1.82, 2.24) is 10.3 Å². The average Bonchev–Trinajstić information content (AvgIpc) is 2.66. The van der Waals surface area contributed by atoms with Gasteiger partial charge in [-0.2, -0.15) is 0 Å². The Morgan fingerprint density at radius 1 is 0.923 bits per heavy atom. The van der Waals surface area contributed by atoms with Gasteiger partial charge in [0.2, 0.25) is 0 Å². The Morgan fingerprint density at radius 2 is 1.65 bits per heavy atom. The summed E-state index contributed by atoms with van der Waals surface area (Å²) in [5, 5.41) is 6.42. The highest BCUT2D eigenvalue weighted by Crippen LogP contribution is 2.25. The van der Waals surface area contributed by atoms with E-state index in [0.29, 0.717) is 5.56 Å². The molecule has 4 nitrogen and oxygen atoms in total. The number of carbonyl (C=O) groups is 1. The van der Waals surface area contributed by atoms with Crippen LogP contribution < -0.4 is 10.6 Å². The minimum atomic E-state index is -0.169. The standard InChI is InChI=1S/C22H23N3O/c1-15-9-8-13-19(16(15)2)25-21-12-5-4-10-18(21)22(26)24-17(3)20-11-6-7-14-23-20/h4-14,17,25H,1-3H3,(H,24,26). The second-order valence-corrected chi connectivity index (χ2v) is 6.37. The van der Waals surface area contributed by atoms with Crippen LogP contribution in [-0.4, -0.2) is 10.9 Å². The summed E-state index contributed by atoms with van der Waals surface area (Å²) in [6.07, 6.45) is 1.73. The number of aryl methyl sites for hydroxylation is 1. The normalized spacial score (nSPS) is 11.7. The zero-order valence-corrected chi connectivity index (χ0v) is 15.3. The van der Waals surface area contributed by atoms with Crippen molar-refractivity contribution in [3.63, 3.8) is 0 Å². The van der Waals surface area contributed by atoms with E-state index < -0.39 is 0 Å². The fraction of sp³-hybridized carbons (Fsp3) is 0.182. The molecule has 1 unspecified atom stereocenters. The number of carbonyl (C=O) groups excluding carboxylic acids is 1. The van der Waals surface area contributed by atoms with Crippen molar-refractivity contribution in [2.24, 2.45) is 0 Å². The summed E-state index contributed by atoms with van der Waals surface area (Å²) >= 11 is 0. The lowest BCUT2D eigenvalue weighted by molar-refractivity contribution is 0.0940. The molecule has 0 spiro atoms. The Kier molecular flexibility index (Phi) is 5.32. The Labute approximate surface area is 154 Å². The first-order valence-electron chi connectivity index (χ1n) is 8.70. The van der Waals surface area contributed by atoms with Gasteiger partial charge >= 0.3 is 0 Å². The molecule has 4 heteroatoms. The second-order valence-electron chi connectivity index (χ2n) is 6.37. The van der Waals surface area contributed by atoms with Gasteiger partial charge in [0.1, 0.15) is 0 Å². The first kappa shape index (κ1) is 17.7. The maximum absolute atomic E-state index is 12.8. The van der Waals surface area contributed by atoms with Crippen molar-refractivity contribution in [2.75, 3.05) is 5.32 Å². The van der Waals surface area contributed by atoms with Gasteiger partial charge in [0.25, 0.3) is 5.91 Å². The van der Waals surface area contributed by atoms with Gasteiger partial charge in [-0.15, -0.1) is 0 Å². The van der Waals surface area contributed by atoms with E-state index >= 15 is 0 Å². The van der Waals surface area contributed by atoms with E-state index in [0.717, 1.165) is 17.1 Å². The van der Waals surface area contributed by atoms with Crippen molar-refractivity contribution in [2.45, 2.75) is 26.8 Å². The van der Waals surface area contributed by atoms with Crippen molar-refractivity contribution < 1.29 is 4.79 Å². The number of para-hydroxylation sites is 1. The number of hydrogen-bond donors (Lipinski definition) is 2. The van der Waals surface area contributed by atoms with Gasteiger partial charge < -0.3 is 10.6 Å². The molecule has 3 rings (SSSR count). The molecule has 1 heterocycles. The average molecular weight is 345 g/mol. The Balaban J connectivity index is 1.82. The van der Waals surface area contributed by atoms with Crippen molar-refractivity contribution in [1.29, 1.82) is 0 Å². The largest absolute Gasteiger partial charge is 0.355 e. The smallest absolute Gasteiger partial charge is 0.253 e. The van der Waals surface area contributed by atoms with E-state index in [2.05, 4.69) is 35.5 Å². The molecular formula is C22H23N3O. The molecule has 0 aliphatic heterocycles. The van der Waals surface area contributed by atoms with Gasteiger partial charge in [0, 0.05) is 11.9 Å². The molecule has 0 aliphatic carbocycles. The van der Waals surface area contributed by atoms with Crippen molar-refractivity contribution >= 4 is 17.3 Å². The molecule has 1 aromatic heterocycles. The highest BCUT2D eigenvalue weighted by Gasteiger charge is 2.15. The monoisotopic (exact) mass is 345 g/mol. The molecule has 0 saturated heterocycles. The molecule has 0 bridgehead atoms. The lowest BCUT2D eigenvalue weighted by atomic mass is 10.1. The Bertz CT molecular complexity index is 906. The summed E-state index contributed by atoms with van der Waals surface area (Å²) < 4.78 is 0. The van der Waals surface area contributed by atoms with Crippen LogP contribution in [0.3, 0.4) is 0 Å². The first-order valence-corrected chi connectivity index (χ1v) is 8.70. The fourth-order valence-corrected chi connectivity index (χ4v) is 2.80. The SMILES string of the molecule is Cc1cccc(Nc2ccccc2C(=O)NC(C)c2ccccn2)c1C. The fourth-order valence-electron chi connectivity index (χ4n) is 2.80. The summed E-state index contributed by atoms with van der Waals surface area (Å²) in [5.74, 6) is -0.128. The number of aromatic nitrogens is 1. The van der Waals surface area contributed by atoms with Crippen LogP contribution in [0.1, 0.15) is 40.1 Å². The van der Waals surface area contributed by atoms with E-state index in [1.165, 1.54) is 11.1 Å². The number of benzene rings is 2. The number of pyridine rings is 1. The number of nitrogens with one attached hydrogen (secondary N) is 2. The van der Waals surface area contributed by atoms with Gasteiger partial charge in [-0.05, 0) is 62.2 Å². The zero-order chi connectivity index (χ0) is 18.5. The van der Waals surface area contributed by atoms with E-state index in [1.54, 1.807) is 6.20 Å². The molecular weight excluding hydrogens is 322 g/mol. The van der Waals surface area contributed by atoms with Crippen molar-refractivity contribution in [3.8, 4) is 0 Å². The highest BCUT2D eigenvalue weighted by atomic mass is 16.1. The number of hydrogen-bond acceptors (Lipinski definition) is 3. The zero-order valence-electron chi connectivity index (χ0n) is 15.3.